The minimum absolute atomic E-state index is 0.113. The number of fused-ring (bicyclic) bond motifs is 1. The molecule has 3 heterocycles. The summed E-state index contributed by atoms with van der Waals surface area (Å²) >= 11 is 3.78. The van der Waals surface area contributed by atoms with Crippen molar-refractivity contribution in [1.82, 2.24) is 4.90 Å². The number of rotatable bonds is 15. The van der Waals surface area contributed by atoms with Gasteiger partial charge in [-0.25, -0.2) is 0 Å². The van der Waals surface area contributed by atoms with Gasteiger partial charge < -0.3 is 29.3 Å². The molecule has 45 heavy (non-hydrogen) atoms. The van der Waals surface area contributed by atoms with Crippen molar-refractivity contribution >= 4 is 45.0 Å². The minimum Gasteiger partial charge on any atom is -0.497 e. The third kappa shape index (κ3) is 6.07. The van der Waals surface area contributed by atoms with Crippen LogP contribution in [0.3, 0.4) is 0 Å². The van der Waals surface area contributed by atoms with Crippen LogP contribution in [0.15, 0.2) is 79.9 Å². The minimum atomic E-state index is -1.18. The highest BCUT2D eigenvalue weighted by Gasteiger charge is 2.77. The van der Waals surface area contributed by atoms with Crippen LogP contribution in [0.4, 0.5) is 11.4 Å². The predicted octanol–water partition coefficient (Wildman–Crippen LogP) is 4.73. The highest BCUT2D eigenvalue weighted by molar-refractivity contribution is 9.09. The second-order valence-corrected chi connectivity index (χ2v) is 13.0. The third-order valence-electron chi connectivity index (χ3n) is 9.22. The Kier molecular flexibility index (Phi) is 10.5. The number of nitrogens with zero attached hydrogens (tertiary/aromatic N) is 3. The molecular formula is C35H42BrN3O6. The number of carbonyl (C=O) groups is 3. The van der Waals surface area contributed by atoms with E-state index in [-0.39, 0.29) is 42.2 Å². The lowest BCUT2D eigenvalue weighted by Gasteiger charge is -2.37. The number of benzene rings is 2. The second-order valence-electron chi connectivity index (χ2n) is 11.8. The van der Waals surface area contributed by atoms with E-state index in [9.17, 15) is 19.5 Å². The van der Waals surface area contributed by atoms with Crippen molar-refractivity contribution in [1.29, 1.82) is 0 Å². The van der Waals surface area contributed by atoms with E-state index >= 15 is 0 Å². The first-order valence-electron chi connectivity index (χ1n) is 15.6. The number of carbonyl (C=O) groups excluding carboxylic acids is 3. The average molecular weight is 681 g/mol. The predicted molar refractivity (Wildman–Crippen MR) is 178 cm³/mol. The molecule has 5 rings (SSSR count). The maximum Gasteiger partial charge on any atom is 0.253 e. The van der Waals surface area contributed by atoms with Gasteiger partial charge in [-0.3, -0.25) is 14.4 Å². The van der Waals surface area contributed by atoms with Gasteiger partial charge in [0.2, 0.25) is 11.8 Å². The maximum absolute atomic E-state index is 14.8. The molecule has 1 N–H and O–H groups in total. The molecule has 9 nitrogen and oxygen atoms in total. The fraction of sp³-hybridized carbons (Fsp3) is 0.457. The number of methoxy groups -OCH3 is 1. The normalized spacial score (nSPS) is 26.4. The van der Waals surface area contributed by atoms with Crippen LogP contribution in [-0.4, -0.2) is 83.7 Å². The fourth-order valence-corrected chi connectivity index (χ4v) is 8.22. The number of likely N-dealkylation sites (tertiary alicyclic amines) is 1. The monoisotopic (exact) mass is 679 g/mol. The summed E-state index contributed by atoms with van der Waals surface area (Å²) in [4.78, 5) is 48.5. The third-order valence-corrected chi connectivity index (χ3v) is 10.1. The molecule has 2 aromatic carbocycles. The summed E-state index contributed by atoms with van der Waals surface area (Å²) in [5.74, 6) is -1.65. The van der Waals surface area contributed by atoms with Gasteiger partial charge in [0.1, 0.15) is 17.4 Å². The van der Waals surface area contributed by atoms with Gasteiger partial charge in [0, 0.05) is 42.4 Å². The van der Waals surface area contributed by atoms with E-state index in [0.717, 1.165) is 12.8 Å². The van der Waals surface area contributed by atoms with Crippen molar-refractivity contribution in [2.24, 2.45) is 11.8 Å². The van der Waals surface area contributed by atoms with Gasteiger partial charge >= 0.3 is 0 Å². The summed E-state index contributed by atoms with van der Waals surface area (Å²) in [6.07, 6.45) is 6.14. The van der Waals surface area contributed by atoms with Crippen LogP contribution in [0.5, 0.6) is 5.75 Å². The molecule has 0 radical (unpaired) electrons. The molecule has 3 fully saturated rings. The van der Waals surface area contributed by atoms with Gasteiger partial charge in [0.05, 0.1) is 25.0 Å². The first kappa shape index (κ1) is 32.9. The molecule has 0 aliphatic carbocycles. The van der Waals surface area contributed by atoms with E-state index in [1.165, 1.54) is 0 Å². The van der Waals surface area contributed by atoms with E-state index in [1.54, 1.807) is 46.1 Å². The molecule has 1 spiro atoms. The van der Waals surface area contributed by atoms with E-state index in [4.69, 9.17) is 9.47 Å². The van der Waals surface area contributed by atoms with Crippen molar-refractivity contribution in [3.63, 3.8) is 0 Å². The van der Waals surface area contributed by atoms with Gasteiger partial charge in [-0.15, -0.1) is 13.2 Å². The number of hydrogen-bond donors (Lipinski definition) is 1. The quantitative estimate of drug-likeness (QED) is 0.166. The van der Waals surface area contributed by atoms with Crippen molar-refractivity contribution in [3.8, 4) is 5.75 Å². The average Bonchev–Trinajstić information content (AvgIpc) is 3.65. The lowest BCUT2D eigenvalue weighted by Crippen LogP contribution is -2.57. The van der Waals surface area contributed by atoms with E-state index in [0.29, 0.717) is 42.9 Å². The zero-order valence-electron chi connectivity index (χ0n) is 25.7. The first-order valence-corrected chi connectivity index (χ1v) is 16.5. The van der Waals surface area contributed by atoms with Crippen molar-refractivity contribution in [2.45, 2.75) is 54.7 Å². The van der Waals surface area contributed by atoms with Crippen LogP contribution < -0.4 is 14.5 Å². The Hall–Kier alpha value is -3.47. The molecule has 2 aromatic rings. The molecule has 10 heteroatoms. The molecule has 3 aliphatic heterocycles. The van der Waals surface area contributed by atoms with Crippen LogP contribution in [-0.2, 0) is 19.1 Å². The standard InChI is InChI=1S/C35H42BrN3O6/c1-4-19-37(24-13-9-8-10-14-24)32(41)28-29-33(42)39(21-11-6-7-12-22-40)31(35(29)23-27(36)30(28)45-35)34(43)38(20-5-2)25-15-17-26(44-3)18-16-25/h4-5,8-10,13-18,27-31,40H,1-2,6-7,11-12,19-23H2,3H3/t27?,28-,29+,30-,31?,35?/m1/s1. The summed E-state index contributed by atoms with van der Waals surface area (Å²) in [5, 5.41) is 9.24. The fourth-order valence-electron chi connectivity index (χ4n) is 7.28. The maximum atomic E-state index is 14.8. The van der Waals surface area contributed by atoms with E-state index < -0.39 is 29.6 Å². The summed E-state index contributed by atoms with van der Waals surface area (Å²) < 4.78 is 12.1. The summed E-state index contributed by atoms with van der Waals surface area (Å²) in [5.41, 5.74) is 0.175. The van der Waals surface area contributed by atoms with Crippen LogP contribution in [0.1, 0.15) is 32.1 Å². The van der Waals surface area contributed by atoms with Crippen molar-refractivity contribution in [3.05, 3.63) is 79.9 Å². The Bertz CT molecular complexity index is 1390. The Labute approximate surface area is 273 Å². The number of unbranched alkanes of at least 4 members (excludes halogenated alkanes) is 3. The Balaban J connectivity index is 1.54. The number of para-hydroxylation sites is 1. The Morgan fingerprint density at radius 3 is 2.24 bits per heavy atom. The van der Waals surface area contributed by atoms with Crippen LogP contribution in [0, 0.1) is 11.8 Å². The molecule has 3 saturated heterocycles. The largest absolute Gasteiger partial charge is 0.497 e. The van der Waals surface area contributed by atoms with Crippen LogP contribution in [0.25, 0.3) is 0 Å². The van der Waals surface area contributed by atoms with E-state index in [2.05, 4.69) is 29.1 Å². The molecular weight excluding hydrogens is 638 g/mol. The topological polar surface area (TPSA) is 99.6 Å². The Morgan fingerprint density at radius 1 is 1.00 bits per heavy atom. The lowest BCUT2D eigenvalue weighted by atomic mass is 9.70. The molecule has 3 unspecified atom stereocenters. The highest BCUT2D eigenvalue weighted by Crippen LogP contribution is 2.60. The Morgan fingerprint density at radius 2 is 1.62 bits per heavy atom. The van der Waals surface area contributed by atoms with Crippen LogP contribution in [0.2, 0.25) is 0 Å². The second kappa shape index (κ2) is 14.3. The number of amides is 3. The highest BCUT2D eigenvalue weighted by atomic mass is 79.9. The molecule has 0 aromatic heterocycles. The van der Waals surface area contributed by atoms with Gasteiger partial charge in [0.15, 0.2) is 0 Å². The number of hydrogen-bond acceptors (Lipinski definition) is 6. The molecule has 2 bridgehead atoms. The van der Waals surface area contributed by atoms with E-state index in [1.807, 2.05) is 42.5 Å². The number of anilines is 2. The number of aliphatic hydroxyl groups excluding tert-OH is 1. The summed E-state index contributed by atoms with van der Waals surface area (Å²) in [7, 11) is 1.58. The molecule has 3 amide bonds. The molecule has 3 aliphatic rings. The van der Waals surface area contributed by atoms with Gasteiger partial charge in [-0.2, -0.15) is 0 Å². The SMILES string of the molecule is C=CCN(C(=O)C1N(CCCCCCO)C(=O)[C@@H]2[C@@H](C(=O)N(CC=C)c3ccccc3)[C@@H]3OC12CC3Br)c1ccc(OC)cc1. The molecule has 240 valence electrons. The van der Waals surface area contributed by atoms with Gasteiger partial charge in [0.25, 0.3) is 5.91 Å². The number of aliphatic hydroxyl groups is 1. The van der Waals surface area contributed by atoms with Crippen LogP contribution >= 0.6 is 15.9 Å². The summed E-state index contributed by atoms with van der Waals surface area (Å²) in [6.45, 7) is 8.72. The first-order chi connectivity index (χ1) is 21.8. The number of halogens is 1. The zero-order valence-corrected chi connectivity index (χ0v) is 27.3. The number of alkyl halides is 1. The molecule has 6 atom stereocenters. The zero-order chi connectivity index (χ0) is 32.1. The lowest BCUT2D eigenvalue weighted by molar-refractivity contribution is -0.140. The van der Waals surface area contributed by atoms with Crippen molar-refractivity contribution in [2.75, 3.05) is 43.2 Å². The smallest absolute Gasteiger partial charge is 0.253 e. The van der Waals surface area contributed by atoms with Gasteiger partial charge in [-0.1, -0.05) is 59.1 Å². The number of ether oxygens (including phenoxy) is 2. The van der Waals surface area contributed by atoms with Gasteiger partial charge in [-0.05, 0) is 55.7 Å². The van der Waals surface area contributed by atoms with Crippen molar-refractivity contribution < 1.29 is 29.0 Å². The molecule has 0 saturated carbocycles. The summed E-state index contributed by atoms with van der Waals surface area (Å²) in [6, 6.07) is 15.6.